The Balaban J connectivity index is 1.57. The van der Waals surface area contributed by atoms with Gasteiger partial charge in [-0.1, -0.05) is 42.5 Å². The van der Waals surface area contributed by atoms with Gasteiger partial charge < -0.3 is 16.4 Å². The van der Waals surface area contributed by atoms with Crippen LogP contribution in [0.1, 0.15) is 27.2 Å². The highest BCUT2D eigenvalue weighted by molar-refractivity contribution is 7.11. The summed E-state index contributed by atoms with van der Waals surface area (Å²) < 4.78 is 4.46. The summed E-state index contributed by atoms with van der Waals surface area (Å²) in [7, 11) is 0. The number of amides is 1. The number of primary amides is 1. The minimum absolute atomic E-state index is 0.412. The molecule has 0 aliphatic carbocycles. The van der Waals surface area contributed by atoms with Gasteiger partial charge in [-0.15, -0.1) is 0 Å². The Labute approximate surface area is 171 Å². The van der Waals surface area contributed by atoms with E-state index >= 15 is 0 Å². The summed E-state index contributed by atoms with van der Waals surface area (Å²) in [5, 5.41) is 7.64. The maximum atomic E-state index is 11.7. The van der Waals surface area contributed by atoms with Gasteiger partial charge in [0.05, 0.1) is 16.8 Å². The second kappa shape index (κ2) is 7.23. The minimum Gasteiger partial charge on any atom is -0.366 e. The van der Waals surface area contributed by atoms with E-state index < -0.39 is 5.91 Å². The molecule has 0 saturated heterocycles. The Morgan fingerprint density at radius 2 is 1.97 bits per heavy atom. The Kier molecular flexibility index (Phi) is 4.42. The summed E-state index contributed by atoms with van der Waals surface area (Å²) in [6.45, 7) is 2.12. The molecule has 0 saturated carbocycles. The summed E-state index contributed by atoms with van der Waals surface area (Å²) in [5.74, 6) is 0.945. The Hall–Kier alpha value is -3.36. The average molecular weight is 402 g/mol. The van der Waals surface area contributed by atoms with Gasteiger partial charge in [-0.05, 0) is 23.2 Å². The molecule has 0 radical (unpaired) electrons. The number of hydrogen-bond acceptors (Lipinski definition) is 7. The van der Waals surface area contributed by atoms with Crippen molar-refractivity contribution >= 4 is 34.2 Å². The summed E-state index contributed by atoms with van der Waals surface area (Å²) in [6, 6.07) is 15.6. The standard InChI is InChI=1S/C21H18N6OS/c22-19(28)14-8-4-7-13-17(14)27-29-18(13)21-25-16-11-23-10-15(16)20(26-21)24-9-12-5-2-1-3-6-12/h1-8,23H,9-11H2,(H2,22,28)(H,24,25,26). The number of fused-ring (bicyclic) bond motifs is 2. The SMILES string of the molecule is NC(=O)c1cccc2c(-c3nc4c(c(NCc5ccccc5)n3)CNC4)snc12. The molecule has 144 valence electrons. The lowest BCUT2D eigenvalue weighted by atomic mass is 10.1. The molecule has 4 aromatic rings. The third kappa shape index (κ3) is 3.22. The maximum Gasteiger partial charge on any atom is 0.250 e. The van der Waals surface area contributed by atoms with Crippen molar-refractivity contribution in [2.45, 2.75) is 19.6 Å². The molecule has 29 heavy (non-hydrogen) atoms. The van der Waals surface area contributed by atoms with Crippen LogP contribution in [0.4, 0.5) is 5.82 Å². The highest BCUT2D eigenvalue weighted by atomic mass is 32.1. The van der Waals surface area contributed by atoms with Crippen molar-refractivity contribution in [1.29, 1.82) is 0 Å². The van der Waals surface area contributed by atoms with Crippen LogP contribution < -0.4 is 16.4 Å². The number of hydrogen-bond donors (Lipinski definition) is 3. The Bertz CT molecular complexity index is 1220. The van der Waals surface area contributed by atoms with Crippen molar-refractivity contribution in [2.75, 3.05) is 5.32 Å². The molecule has 0 atom stereocenters. The third-order valence-electron chi connectivity index (χ3n) is 4.97. The normalized spacial score (nSPS) is 12.8. The zero-order valence-electron chi connectivity index (χ0n) is 15.5. The molecule has 0 unspecified atom stereocenters. The molecule has 0 fully saturated rings. The number of nitrogens with two attached hydrogens (primary N) is 1. The van der Waals surface area contributed by atoms with Gasteiger partial charge in [-0.2, -0.15) is 4.37 Å². The Morgan fingerprint density at radius 3 is 2.79 bits per heavy atom. The molecule has 4 N–H and O–H groups in total. The molecule has 8 heteroatoms. The van der Waals surface area contributed by atoms with Crippen LogP contribution in [0.15, 0.2) is 48.5 Å². The number of anilines is 1. The molecule has 1 aliphatic rings. The Morgan fingerprint density at radius 1 is 1.10 bits per heavy atom. The largest absolute Gasteiger partial charge is 0.366 e. The highest BCUT2D eigenvalue weighted by Gasteiger charge is 2.22. The summed E-state index contributed by atoms with van der Waals surface area (Å²) in [6.07, 6.45) is 0. The molecular weight excluding hydrogens is 384 g/mol. The van der Waals surface area contributed by atoms with E-state index in [9.17, 15) is 4.79 Å². The fourth-order valence-electron chi connectivity index (χ4n) is 3.52. The number of nitrogens with zero attached hydrogens (tertiary/aromatic N) is 3. The molecule has 0 bridgehead atoms. The van der Waals surface area contributed by atoms with Gasteiger partial charge in [0.1, 0.15) is 10.7 Å². The van der Waals surface area contributed by atoms with Crippen LogP contribution in [0.3, 0.4) is 0 Å². The summed E-state index contributed by atoms with van der Waals surface area (Å²) >= 11 is 1.29. The molecule has 1 aliphatic heterocycles. The van der Waals surface area contributed by atoms with Crippen molar-refractivity contribution < 1.29 is 4.79 Å². The number of carbonyl (C=O) groups is 1. The molecule has 0 spiro atoms. The van der Waals surface area contributed by atoms with Gasteiger partial charge >= 0.3 is 0 Å². The molecular formula is C21H18N6OS. The molecule has 3 heterocycles. The summed E-state index contributed by atoms with van der Waals surface area (Å²) in [5.41, 5.74) is 9.77. The number of nitrogens with one attached hydrogen (secondary N) is 2. The van der Waals surface area contributed by atoms with Gasteiger partial charge in [0.25, 0.3) is 5.91 Å². The van der Waals surface area contributed by atoms with Crippen LogP contribution in [0, 0.1) is 0 Å². The van der Waals surface area contributed by atoms with E-state index in [-0.39, 0.29) is 0 Å². The van der Waals surface area contributed by atoms with Gasteiger partial charge in [0, 0.05) is 30.6 Å². The van der Waals surface area contributed by atoms with E-state index in [4.69, 9.17) is 15.7 Å². The highest BCUT2D eigenvalue weighted by Crippen LogP contribution is 2.34. The van der Waals surface area contributed by atoms with Gasteiger partial charge in [-0.3, -0.25) is 4.79 Å². The van der Waals surface area contributed by atoms with E-state index in [1.807, 2.05) is 30.3 Å². The van der Waals surface area contributed by atoms with E-state index in [2.05, 4.69) is 27.1 Å². The van der Waals surface area contributed by atoms with Crippen molar-refractivity contribution in [1.82, 2.24) is 19.7 Å². The topological polar surface area (TPSA) is 106 Å². The van der Waals surface area contributed by atoms with E-state index in [0.717, 1.165) is 33.9 Å². The lowest BCUT2D eigenvalue weighted by molar-refractivity contribution is 0.100. The first-order valence-electron chi connectivity index (χ1n) is 9.27. The van der Waals surface area contributed by atoms with Gasteiger partial charge in [-0.25, -0.2) is 9.97 Å². The van der Waals surface area contributed by atoms with Crippen molar-refractivity contribution in [3.63, 3.8) is 0 Å². The average Bonchev–Trinajstić information content (AvgIpc) is 3.39. The molecule has 2 aromatic carbocycles. The lowest BCUT2D eigenvalue weighted by Gasteiger charge is -2.11. The minimum atomic E-state index is -0.489. The maximum absolute atomic E-state index is 11.7. The van der Waals surface area contributed by atoms with Crippen LogP contribution in [-0.4, -0.2) is 20.2 Å². The lowest BCUT2D eigenvalue weighted by Crippen LogP contribution is -2.11. The van der Waals surface area contributed by atoms with E-state index in [0.29, 0.717) is 30.0 Å². The molecule has 5 rings (SSSR count). The molecule has 1 amide bonds. The van der Waals surface area contributed by atoms with Crippen LogP contribution in [0.25, 0.3) is 21.6 Å². The fourth-order valence-corrected chi connectivity index (χ4v) is 4.34. The predicted octanol–water partition coefficient (Wildman–Crippen LogP) is 3.07. The second-order valence-corrected chi connectivity index (χ2v) is 7.61. The number of rotatable bonds is 5. The first-order valence-corrected chi connectivity index (χ1v) is 10.0. The number of benzene rings is 2. The number of carbonyl (C=O) groups excluding carboxylic acids is 1. The predicted molar refractivity (Wildman–Crippen MR) is 113 cm³/mol. The third-order valence-corrected chi connectivity index (χ3v) is 5.83. The fraction of sp³-hybridized carbons (Fsp3) is 0.143. The number of aromatic nitrogens is 3. The van der Waals surface area contributed by atoms with Gasteiger partial charge in [0.15, 0.2) is 5.82 Å². The van der Waals surface area contributed by atoms with Gasteiger partial charge in [0.2, 0.25) is 0 Å². The second-order valence-electron chi connectivity index (χ2n) is 6.84. The molecule has 7 nitrogen and oxygen atoms in total. The van der Waals surface area contributed by atoms with E-state index in [1.165, 1.54) is 17.1 Å². The zero-order valence-corrected chi connectivity index (χ0v) is 16.3. The smallest absolute Gasteiger partial charge is 0.250 e. The quantitative estimate of drug-likeness (QED) is 0.474. The van der Waals surface area contributed by atoms with Crippen LogP contribution in [-0.2, 0) is 19.6 Å². The van der Waals surface area contributed by atoms with Crippen LogP contribution >= 0.6 is 11.5 Å². The van der Waals surface area contributed by atoms with Crippen LogP contribution in [0.2, 0.25) is 0 Å². The van der Waals surface area contributed by atoms with Crippen molar-refractivity contribution in [3.8, 4) is 10.7 Å². The van der Waals surface area contributed by atoms with Crippen molar-refractivity contribution in [2.24, 2.45) is 5.73 Å². The zero-order chi connectivity index (χ0) is 19.8. The van der Waals surface area contributed by atoms with Crippen LogP contribution in [0.5, 0.6) is 0 Å². The first kappa shape index (κ1) is 17.7. The molecule has 2 aromatic heterocycles. The van der Waals surface area contributed by atoms with E-state index in [1.54, 1.807) is 6.07 Å². The first-order chi connectivity index (χ1) is 14.2. The summed E-state index contributed by atoms with van der Waals surface area (Å²) in [4.78, 5) is 22.2. The monoisotopic (exact) mass is 402 g/mol. The van der Waals surface area contributed by atoms with Crippen molar-refractivity contribution in [3.05, 3.63) is 70.9 Å².